The maximum absolute atomic E-state index is 11.7. The number of amides is 1. The third kappa shape index (κ3) is 3.38. The summed E-state index contributed by atoms with van der Waals surface area (Å²) in [7, 11) is 0. The number of carbonyl (C=O) groups is 2. The zero-order valence-electron chi connectivity index (χ0n) is 9.43. The lowest BCUT2D eigenvalue weighted by molar-refractivity contribution is -0.143. The van der Waals surface area contributed by atoms with Crippen molar-refractivity contribution >= 4 is 24.5 Å². The van der Waals surface area contributed by atoms with Crippen LogP contribution in [0.5, 0.6) is 0 Å². The van der Waals surface area contributed by atoms with Gasteiger partial charge in [-0.3, -0.25) is 4.79 Å². The molecule has 92 valence electrons. The molecule has 3 N–H and O–H groups in total. The van der Waals surface area contributed by atoms with Crippen molar-refractivity contribution in [3.05, 3.63) is 0 Å². The SMILES string of the molecule is CC(C)[C@H](NC(=O)[C@@H]1C[C@@H](S)CN1)C(=O)O. The number of carboxylic acids is 1. The van der Waals surface area contributed by atoms with Crippen LogP contribution in [0.2, 0.25) is 0 Å². The summed E-state index contributed by atoms with van der Waals surface area (Å²) in [6.45, 7) is 4.21. The first kappa shape index (κ1) is 13.3. The molecule has 1 heterocycles. The topological polar surface area (TPSA) is 78.4 Å². The molecule has 0 aromatic carbocycles. The molecule has 5 nitrogen and oxygen atoms in total. The van der Waals surface area contributed by atoms with Gasteiger partial charge in [0.1, 0.15) is 6.04 Å². The average Bonchev–Trinajstić information content (AvgIpc) is 2.59. The van der Waals surface area contributed by atoms with E-state index in [1.165, 1.54) is 0 Å². The van der Waals surface area contributed by atoms with Gasteiger partial charge in [-0.2, -0.15) is 12.6 Å². The molecular formula is C10H18N2O3S. The minimum atomic E-state index is -0.997. The Morgan fingerprint density at radius 1 is 1.50 bits per heavy atom. The lowest BCUT2D eigenvalue weighted by Crippen LogP contribution is -2.50. The molecule has 6 heteroatoms. The summed E-state index contributed by atoms with van der Waals surface area (Å²) in [4.78, 5) is 22.6. The van der Waals surface area contributed by atoms with E-state index < -0.39 is 12.0 Å². The van der Waals surface area contributed by atoms with E-state index in [0.29, 0.717) is 13.0 Å². The second kappa shape index (κ2) is 5.54. The van der Waals surface area contributed by atoms with E-state index in [9.17, 15) is 9.59 Å². The fourth-order valence-electron chi connectivity index (χ4n) is 1.68. The molecule has 0 aromatic rings. The Labute approximate surface area is 100 Å². The molecule has 1 fully saturated rings. The van der Waals surface area contributed by atoms with Gasteiger partial charge in [-0.25, -0.2) is 4.79 Å². The van der Waals surface area contributed by atoms with E-state index in [2.05, 4.69) is 23.3 Å². The summed E-state index contributed by atoms with van der Waals surface area (Å²) in [5.41, 5.74) is 0. The third-order valence-corrected chi connectivity index (χ3v) is 3.05. The van der Waals surface area contributed by atoms with Crippen LogP contribution < -0.4 is 10.6 Å². The molecule has 1 aliphatic heterocycles. The van der Waals surface area contributed by atoms with Crippen molar-refractivity contribution in [3.8, 4) is 0 Å². The number of thiol groups is 1. The van der Waals surface area contributed by atoms with Crippen LogP contribution >= 0.6 is 12.6 Å². The second-order valence-electron chi connectivity index (χ2n) is 4.42. The molecule has 1 aliphatic rings. The van der Waals surface area contributed by atoms with E-state index in [0.717, 1.165) is 0 Å². The number of aliphatic carboxylic acids is 1. The summed E-state index contributed by atoms with van der Waals surface area (Å²) in [6, 6.07) is -1.14. The van der Waals surface area contributed by atoms with E-state index in [1.807, 2.05) is 0 Å². The molecule has 0 unspecified atom stereocenters. The molecule has 1 rings (SSSR count). The maximum Gasteiger partial charge on any atom is 0.326 e. The highest BCUT2D eigenvalue weighted by Gasteiger charge is 2.31. The fourth-order valence-corrected chi connectivity index (χ4v) is 2.00. The first-order valence-electron chi connectivity index (χ1n) is 5.36. The largest absolute Gasteiger partial charge is 0.480 e. The Bertz CT molecular complexity index is 283. The number of hydrogen-bond acceptors (Lipinski definition) is 4. The molecule has 0 aliphatic carbocycles. The van der Waals surface area contributed by atoms with Gasteiger partial charge in [-0.05, 0) is 12.3 Å². The van der Waals surface area contributed by atoms with Gasteiger partial charge < -0.3 is 15.7 Å². The first-order chi connectivity index (χ1) is 7.41. The van der Waals surface area contributed by atoms with Crippen molar-refractivity contribution < 1.29 is 14.7 Å². The summed E-state index contributed by atoms with van der Waals surface area (Å²) in [6.07, 6.45) is 0.638. The van der Waals surface area contributed by atoms with Gasteiger partial charge >= 0.3 is 5.97 Å². The molecule has 0 radical (unpaired) electrons. The molecule has 0 aromatic heterocycles. The van der Waals surface area contributed by atoms with Gasteiger partial charge in [0.25, 0.3) is 0 Å². The molecule has 1 saturated heterocycles. The Morgan fingerprint density at radius 2 is 2.12 bits per heavy atom. The summed E-state index contributed by atoms with van der Waals surface area (Å²) in [5, 5.41) is 14.7. The minimum Gasteiger partial charge on any atom is -0.480 e. The monoisotopic (exact) mass is 246 g/mol. The van der Waals surface area contributed by atoms with Crippen molar-refractivity contribution in [1.82, 2.24) is 10.6 Å². The van der Waals surface area contributed by atoms with Crippen LogP contribution in [-0.2, 0) is 9.59 Å². The number of carboxylic acid groups (broad SMARTS) is 1. The van der Waals surface area contributed by atoms with E-state index in [-0.39, 0.29) is 23.1 Å². The van der Waals surface area contributed by atoms with Crippen LogP contribution in [0.4, 0.5) is 0 Å². The van der Waals surface area contributed by atoms with Crippen LogP contribution in [-0.4, -0.2) is 40.9 Å². The van der Waals surface area contributed by atoms with Crippen LogP contribution in [0, 0.1) is 5.92 Å². The molecule has 16 heavy (non-hydrogen) atoms. The smallest absolute Gasteiger partial charge is 0.326 e. The maximum atomic E-state index is 11.7. The number of carbonyl (C=O) groups excluding carboxylic acids is 1. The van der Waals surface area contributed by atoms with Gasteiger partial charge in [0.2, 0.25) is 5.91 Å². The van der Waals surface area contributed by atoms with E-state index >= 15 is 0 Å². The van der Waals surface area contributed by atoms with Crippen molar-refractivity contribution in [2.75, 3.05) is 6.54 Å². The normalized spacial score (nSPS) is 26.8. The summed E-state index contributed by atoms with van der Waals surface area (Å²) >= 11 is 4.26. The predicted molar refractivity (Wildman–Crippen MR) is 63.6 cm³/mol. The number of hydrogen-bond donors (Lipinski definition) is 4. The second-order valence-corrected chi connectivity index (χ2v) is 5.15. The lowest BCUT2D eigenvalue weighted by Gasteiger charge is -2.20. The highest BCUT2D eigenvalue weighted by atomic mass is 32.1. The quantitative estimate of drug-likeness (QED) is 0.521. The van der Waals surface area contributed by atoms with E-state index in [4.69, 9.17) is 5.11 Å². The summed E-state index contributed by atoms with van der Waals surface area (Å²) < 4.78 is 0. The first-order valence-corrected chi connectivity index (χ1v) is 5.88. The Morgan fingerprint density at radius 3 is 2.50 bits per heavy atom. The van der Waals surface area contributed by atoms with Crippen LogP contribution in [0.15, 0.2) is 0 Å². The lowest BCUT2D eigenvalue weighted by atomic mass is 10.0. The Kier molecular flexibility index (Phi) is 4.61. The molecule has 1 amide bonds. The molecule has 0 saturated carbocycles. The van der Waals surface area contributed by atoms with Gasteiger partial charge in [-0.1, -0.05) is 13.8 Å². The summed E-state index contributed by atoms with van der Waals surface area (Å²) in [5.74, 6) is -1.38. The molecule has 0 bridgehead atoms. The zero-order valence-corrected chi connectivity index (χ0v) is 10.3. The Balaban J connectivity index is 2.52. The van der Waals surface area contributed by atoms with Gasteiger partial charge in [0, 0.05) is 11.8 Å². The zero-order chi connectivity index (χ0) is 12.3. The highest BCUT2D eigenvalue weighted by molar-refractivity contribution is 7.81. The van der Waals surface area contributed by atoms with Crippen molar-refractivity contribution in [1.29, 1.82) is 0 Å². The number of nitrogens with one attached hydrogen (secondary N) is 2. The van der Waals surface area contributed by atoms with Crippen molar-refractivity contribution in [3.63, 3.8) is 0 Å². The third-order valence-electron chi connectivity index (χ3n) is 2.65. The van der Waals surface area contributed by atoms with Crippen LogP contribution in [0.25, 0.3) is 0 Å². The fraction of sp³-hybridized carbons (Fsp3) is 0.800. The molecule has 0 spiro atoms. The average molecular weight is 246 g/mol. The van der Waals surface area contributed by atoms with E-state index in [1.54, 1.807) is 13.8 Å². The van der Waals surface area contributed by atoms with Crippen molar-refractivity contribution in [2.24, 2.45) is 5.92 Å². The number of rotatable bonds is 4. The van der Waals surface area contributed by atoms with Gasteiger partial charge in [-0.15, -0.1) is 0 Å². The van der Waals surface area contributed by atoms with Gasteiger partial charge in [0.15, 0.2) is 0 Å². The highest BCUT2D eigenvalue weighted by Crippen LogP contribution is 2.12. The standard InChI is InChI=1S/C10H18N2O3S/c1-5(2)8(10(14)15)12-9(13)7-3-6(16)4-11-7/h5-8,11,16H,3-4H2,1-2H3,(H,12,13)(H,14,15)/t6-,7+,8+/m1/s1. The molecular weight excluding hydrogens is 228 g/mol. The van der Waals surface area contributed by atoms with Crippen LogP contribution in [0.1, 0.15) is 20.3 Å². The van der Waals surface area contributed by atoms with Crippen LogP contribution in [0.3, 0.4) is 0 Å². The Hall–Kier alpha value is -0.750. The predicted octanol–water partition coefficient (Wildman–Crippen LogP) is -0.128. The van der Waals surface area contributed by atoms with Gasteiger partial charge in [0.05, 0.1) is 6.04 Å². The molecule has 3 atom stereocenters. The van der Waals surface area contributed by atoms with Crippen molar-refractivity contribution in [2.45, 2.75) is 37.6 Å². The minimum absolute atomic E-state index is 0.130.